The van der Waals surface area contributed by atoms with Gasteiger partial charge in [-0.25, -0.2) is 4.98 Å². The Balaban J connectivity index is 2.17. The van der Waals surface area contributed by atoms with Crippen LogP contribution in [-0.4, -0.2) is 22.8 Å². The van der Waals surface area contributed by atoms with Crippen molar-refractivity contribution >= 4 is 23.2 Å². The van der Waals surface area contributed by atoms with Crippen molar-refractivity contribution in [2.24, 2.45) is 0 Å². The van der Waals surface area contributed by atoms with Crippen LogP contribution >= 0.6 is 11.6 Å². The first kappa shape index (κ1) is 12.4. The second kappa shape index (κ2) is 5.10. The van der Waals surface area contributed by atoms with Gasteiger partial charge in [-0.2, -0.15) is 0 Å². The zero-order chi connectivity index (χ0) is 13.1. The molecule has 0 unspecified atom stereocenters. The molecule has 1 amide bonds. The molecule has 0 bridgehead atoms. The van der Waals surface area contributed by atoms with Crippen LogP contribution in [0.3, 0.4) is 0 Å². The standard InChI is InChI=1S/C12H12ClN3O2/c1-16(7-8-3-2-4-18-8)12(17)9-5-11(13)15-6-10(9)14/h2-6H,7,14H2,1H3. The van der Waals surface area contributed by atoms with Crippen molar-refractivity contribution in [2.45, 2.75) is 6.54 Å². The molecule has 0 aliphatic carbocycles. The highest BCUT2D eigenvalue weighted by Crippen LogP contribution is 2.17. The monoisotopic (exact) mass is 265 g/mol. The van der Waals surface area contributed by atoms with Crippen LogP contribution < -0.4 is 5.73 Å². The molecule has 94 valence electrons. The average Bonchev–Trinajstić information content (AvgIpc) is 2.84. The van der Waals surface area contributed by atoms with Crippen molar-refractivity contribution in [3.63, 3.8) is 0 Å². The number of carbonyl (C=O) groups excluding carboxylic acids is 1. The number of hydrogen-bond acceptors (Lipinski definition) is 4. The summed E-state index contributed by atoms with van der Waals surface area (Å²) in [5.41, 5.74) is 6.35. The van der Waals surface area contributed by atoms with Gasteiger partial charge in [0.25, 0.3) is 5.91 Å². The van der Waals surface area contributed by atoms with E-state index in [0.717, 1.165) is 0 Å². The van der Waals surface area contributed by atoms with E-state index in [2.05, 4.69) is 4.98 Å². The minimum Gasteiger partial charge on any atom is -0.467 e. The third-order valence-electron chi connectivity index (χ3n) is 2.45. The molecule has 0 aliphatic heterocycles. The number of furan rings is 1. The molecule has 5 nitrogen and oxygen atoms in total. The van der Waals surface area contributed by atoms with E-state index in [0.29, 0.717) is 23.6 Å². The first-order chi connectivity index (χ1) is 8.58. The summed E-state index contributed by atoms with van der Waals surface area (Å²) in [5.74, 6) is 0.470. The Hall–Kier alpha value is -2.01. The summed E-state index contributed by atoms with van der Waals surface area (Å²) in [6.45, 7) is 0.366. The molecule has 0 aliphatic rings. The predicted octanol–water partition coefficient (Wildman–Crippen LogP) is 2.18. The first-order valence-electron chi connectivity index (χ1n) is 5.27. The summed E-state index contributed by atoms with van der Waals surface area (Å²) in [4.78, 5) is 17.5. The topological polar surface area (TPSA) is 72.4 Å². The normalized spacial score (nSPS) is 10.3. The number of nitrogens with zero attached hydrogens (tertiary/aromatic N) is 2. The van der Waals surface area contributed by atoms with Gasteiger partial charge in [0.15, 0.2) is 0 Å². The molecule has 0 fully saturated rings. The lowest BCUT2D eigenvalue weighted by Crippen LogP contribution is -2.26. The van der Waals surface area contributed by atoms with E-state index in [-0.39, 0.29) is 11.1 Å². The summed E-state index contributed by atoms with van der Waals surface area (Å²) in [6.07, 6.45) is 2.93. The third-order valence-corrected chi connectivity index (χ3v) is 2.66. The van der Waals surface area contributed by atoms with Gasteiger partial charge in [-0.05, 0) is 18.2 Å². The van der Waals surface area contributed by atoms with E-state index in [1.165, 1.54) is 17.2 Å². The average molecular weight is 266 g/mol. The minimum atomic E-state index is -0.229. The van der Waals surface area contributed by atoms with Crippen LogP contribution in [0, 0.1) is 0 Å². The Morgan fingerprint density at radius 1 is 1.61 bits per heavy atom. The van der Waals surface area contributed by atoms with Gasteiger partial charge in [-0.3, -0.25) is 4.79 Å². The number of aromatic nitrogens is 1. The summed E-state index contributed by atoms with van der Waals surface area (Å²) < 4.78 is 5.18. The van der Waals surface area contributed by atoms with E-state index in [1.54, 1.807) is 25.4 Å². The van der Waals surface area contributed by atoms with Crippen LogP contribution in [0.4, 0.5) is 5.69 Å². The van der Waals surface area contributed by atoms with Crippen molar-refractivity contribution < 1.29 is 9.21 Å². The van der Waals surface area contributed by atoms with Gasteiger partial charge >= 0.3 is 0 Å². The molecular weight excluding hydrogens is 254 g/mol. The molecule has 0 radical (unpaired) electrons. The fourth-order valence-corrected chi connectivity index (χ4v) is 1.70. The van der Waals surface area contributed by atoms with Crippen molar-refractivity contribution in [3.05, 3.63) is 47.1 Å². The number of amides is 1. The van der Waals surface area contributed by atoms with Crippen LogP contribution in [0.2, 0.25) is 5.15 Å². The molecule has 0 spiro atoms. The second-order valence-electron chi connectivity index (χ2n) is 3.83. The third kappa shape index (κ3) is 2.62. The Morgan fingerprint density at radius 3 is 3.06 bits per heavy atom. The first-order valence-corrected chi connectivity index (χ1v) is 5.64. The molecule has 18 heavy (non-hydrogen) atoms. The molecule has 2 heterocycles. The van der Waals surface area contributed by atoms with E-state index in [9.17, 15) is 4.79 Å². The molecule has 0 atom stereocenters. The Kier molecular flexibility index (Phi) is 3.53. The van der Waals surface area contributed by atoms with Gasteiger partial charge in [-0.1, -0.05) is 11.6 Å². The van der Waals surface area contributed by atoms with E-state index >= 15 is 0 Å². The largest absolute Gasteiger partial charge is 0.467 e. The van der Waals surface area contributed by atoms with Crippen LogP contribution in [0.1, 0.15) is 16.1 Å². The van der Waals surface area contributed by atoms with Gasteiger partial charge in [-0.15, -0.1) is 0 Å². The van der Waals surface area contributed by atoms with E-state index in [4.69, 9.17) is 21.8 Å². The Morgan fingerprint density at radius 2 is 2.39 bits per heavy atom. The highest BCUT2D eigenvalue weighted by molar-refractivity contribution is 6.29. The van der Waals surface area contributed by atoms with Crippen molar-refractivity contribution in [3.8, 4) is 0 Å². The lowest BCUT2D eigenvalue weighted by Gasteiger charge is -2.16. The highest BCUT2D eigenvalue weighted by atomic mass is 35.5. The van der Waals surface area contributed by atoms with Crippen LogP contribution in [0.5, 0.6) is 0 Å². The number of anilines is 1. The maximum absolute atomic E-state index is 12.2. The molecule has 2 aromatic heterocycles. The second-order valence-corrected chi connectivity index (χ2v) is 4.22. The Bertz CT molecular complexity index is 554. The summed E-state index contributed by atoms with van der Waals surface area (Å²) in [7, 11) is 1.67. The lowest BCUT2D eigenvalue weighted by atomic mass is 10.2. The predicted molar refractivity (Wildman–Crippen MR) is 68.2 cm³/mol. The smallest absolute Gasteiger partial charge is 0.256 e. The van der Waals surface area contributed by atoms with E-state index < -0.39 is 0 Å². The fourth-order valence-electron chi connectivity index (χ4n) is 1.54. The molecule has 0 aromatic carbocycles. The maximum atomic E-state index is 12.2. The number of nitrogen functional groups attached to an aromatic ring is 1. The zero-order valence-electron chi connectivity index (χ0n) is 9.76. The van der Waals surface area contributed by atoms with Gasteiger partial charge in [0.05, 0.1) is 30.3 Å². The number of rotatable bonds is 3. The van der Waals surface area contributed by atoms with Crippen LogP contribution in [0.15, 0.2) is 35.1 Å². The quantitative estimate of drug-likeness (QED) is 0.864. The van der Waals surface area contributed by atoms with Crippen LogP contribution in [0.25, 0.3) is 0 Å². The summed E-state index contributed by atoms with van der Waals surface area (Å²) >= 11 is 5.75. The Labute approximate surface area is 109 Å². The molecule has 0 saturated carbocycles. The van der Waals surface area contributed by atoms with Crippen molar-refractivity contribution in [1.29, 1.82) is 0 Å². The molecular formula is C12H12ClN3O2. The summed E-state index contributed by atoms with van der Waals surface area (Å²) in [6, 6.07) is 5.02. The van der Waals surface area contributed by atoms with Gasteiger partial charge in [0, 0.05) is 7.05 Å². The number of nitrogens with two attached hydrogens (primary N) is 1. The molecule has 6 heteroatoms. The summed E-state index contributed by atoms with van der Waals surface area (Å²) in [5, 5.41) is 0.235. The number of hydrogen-bond donors (Lipinski definition) is 1. The number of carbonyl (C=O) groups is 1. The molecule has 2 aromatic rings. The number of pyridine rings is 1. The molecule has 2 rings (SSSR count). The number of halogens is 1. The van der Waals surface area contributed by atoms with Gasteiger partial charge in [0.1, 0.15) is 10.9 Å². The van der Waals surface area contributed by atoms with Crippen molar-refractivity contribution in [1.82, 2.24) is 9.88 Å². The van der Waals surface area contributed by atoms with Crippen LogP contribution in [-0.2, 0) is 6.54 Å². The molecule has 0 saturated heterocycles. The fraction of sp³-hybridized carbons (Fsp3) is 0.167. The molecule has 2 N–H and O–H groups in total. The maximum Gasteiger partial charge on any atom is 0.256 e. The SMILES string of the molecule is CN(Cc1ccco1)C(=O)c1cc(Cl)ncc1N. The minimum absolute atomic E-state index is 0.229. The van der Waals surface area contributed by atoms with Crippen molar-refractivity contribution in [2.75, 3.05) is 12.8 Å². The van der Waals surface area contributed by atoms with Gasteiger partial charge in [0.2, 0.25) is 0 Å². The van der Waals surface area contributed by atoms with E-state index in [1.807, 2.05) is 0 Å². The zero-order valence-corrected chi connectivity index (χ0v) is 10.5. The lowest BCUT2D eigenvalue weighted by molar-refractivity contribution is 0.0776. The highest BCUT2D eigenvalue weighted by Gasteiger charge is 2.16. The van der Waals surface area contributed by atoms with Gasteiger partial charge < -0.3 is 15.1 Å².